The number of anilines is 1. The molecule has 1 aromatic carbocycles. The smallest absolute Gasteiger partial charge is 0.243 e. The van der Waals surface area contributed by atoms with Crippen molar-refractivity contribution in [1.82, 2.24) is 4.31 Å². The number of benzene rings is 1. The largest absolute Gasteiger partial charge is 0.309 e. The minimum atomic E-state index is -3.43. The monoisotopic (exact) mass is 336 g/mol. The fraction of sp³-hybridized carbons (Fsp3) is 0.588. The molecule has 1 saturated heterocycles. The van der Waals surface area contributed by atoms with Gasteiger partial charge in [-0.25, -0.2) is 8.42 Å². The molecule has 6 heteroatoms. The summed E-state index contributed by atoms with van der Waals surface area (Å²) in [4.78, 5) is 13.9. The van der Waals surface area contributed by atoms with E-state index in [9.17, 15) is 13.2 Å². The van der Waals surface area contributed by atoms with Gasteiger partial charge in [0.1, 0.15) is 0 Å². The van der Waals surface area contributed by atoms with Crippen molar-refractivity contribution in [2.45, 2.75) is 51.0 Å². The summed E-state index contributed by atoms with van der Waals surface area (Å²) in [5.74, 6) is 0.586. The fourth-order valence-corrected chi connectivity index (χ4v) is 5.14. The normalized spacial score (nSPS) is 23.1. The molecular weight excluding hydrogens is 312 g/mol. The third-order valence-corrected chi connectivity index (χ3v) is 6.88. The molecule has 2 aliphatic heterocycles. The first kappa shape index (κ1) is 16.5. The van der Waals surface area contributed by atoms with Crippen LogP contribution < -0.4 is 4.90 Å². The van der Waals surface area contributed by atoms with Crippen molar-refractivity contribution in [2.24, 2.45) is 5.92 Å². The molecule has 1 amide bonds. The molecule has 0 spiro atoms. The van der Waals surface area contributed by atoms with E-state index in [-0.39, 0.29) is 11.9 Å². The molecule has 3 rings (SSSR count). The molecule has 0 N–H and O–H groups in total. The molecule has 0 radical (unpaired) electrons. The Morgan fingerprint density at radius 2 is 1.83 bits per heavy atom. The van der Waals surface area contributed by atoms with Crippen LogP contribution in [0.15, 0.2) is 23.1 Å². The van der Waals surface area contributed by atoms with Gasteiger partial charge >= 0.3 is 0 Å². The lowest BCUT2D eigenvalue weighted by Gasteiger charge is -2.29. The first-order valence-electron chi connectivity index (χ1n) is 8.23. The van der Waals surface area contributed by atoms with Crippen molar-refractivity contribution in [1.29, 1.82) is 0 Å². The summed E-state index contributed by atoms with van der Waals surface area (Å²) in [5.41, 5.74) is 1.79. The van der Waals surface area contributed by atoms with Gasteiger partial charge in [0.2, 0.25) is 15.9 Å². The van der Waals surface area contributed by atoms with Gasteiger partial charge in [-0.3, -0.25) is 4.79 Å². The molecular formula is C17H24N2O3S. The number of fused-ring (bicyclic) bond motifs is 1. The van der Waals surface area contributed by atoms with E-state index in [1.54, 1.807) is 34.3 Å². The summed E-state index contributed by atoms with van der Waals surface area (Å²) in [6.07, 6.45) is 2.54. The summed E-state index contributed by atoms with van der Waals surface area (Å²) in [6, 6.07) is 5.25. The molecule has 0 bridgehead atoms. The summed E-state index contributed by atoms with van der Waals surface area (Å²) in [6.45, 7) is 6.89. The highest BCUT2D eigenvalue weighted by molar-refractivity contribution is 7.89. The lowest BCUT2D eigenvalue weighted by atomic mass is 10.0. The summed E-state index contributed by atoms with van der Waals surface area (Å²) < 4.78 is 27.3. The molecule has 1 aromatic rings. The van der Waals surface area contributed by atoms with Crippen molar-refractivity contribution in [3.05, 3.63) is 23.8 Å². The maximum atomic E-state index is 12.8. The molecule has 2 heterocycles. The number of hydrogen-bond donors (Lipinski definition) is 0. The van der Waals surface area contributed by atoms with Gasteiger partial charge < -0.3 is 4.90 Å². The topological polar surface area (TPSA) is 57.7 Å². The molecule has 0 saturated carbocycles. The first-order chi connectivity index (χ1) is 10.8. The Hall–Kier alpha value is -1.40. The van der Waals surface area contributed by atoms with E-state index < -0.39 is 10.0 Å². The average Bonchev–Trinajstić information content (AvgIpc) is 2.82. The van der Waals surface area contributed by atoms with Gasteiger partial charge in [-0.15, -0.1) is 0 Å². The third kappa shape index (κ3) is 2.90. The van der Waals surface area contributed by atoms with Crippen LogP contribution in [0.25, 0.3) is 0 Å². The summed E-state index contributed by atoms with van der Waals surface area (Å²) >= 11 is 0. The summed E-state index contributed by atoms with van der Waals surface area (Å²) in [7, 11) is -3.43. The fourth-order valence-electron chi connectivity index (χ4n) is 3.62. The van der Waals surface area contributed by atoms with Crippen molar-refractivity contribution >= 4 is 21.6 Å². The predicted octanol–water partition coefficient (Wildman–Crippen LogP) is 2.40. The number of hydrogen-bond acceptors (Lipinski definition) is 3. The lowest BCUT2D eigenvalue weighted by Crippen LogP contribution is -2.37. The quantitative estimate of drug-likeness (QED) is 0.833. The molecule has 1 atom stereocenters. The Kier molecular flexibility index (Phi) is 4.23. The van der Waals surface area contributed by atoms with Gasteiger partial charge in [0.05, 0.1) is 4.90 Å². The van der Waals surface area contributed by atoms with Crippen molar-refractivity contribution in [2.75, 3.05) is 18.0 Å². The number of carbonyl (C=O) groups excluding carboxylic acids is 1. The molecule has 1 fully saturated rings. The van der Waals surface area contributed by atoms with Gasteiger partial charge in [-0.1, -0.05) is 6.92 Å². The van der Waals surface area contributed by atoms with Crippen LogP contribution in [0.5, 0.6) is 0 Å². The average molecular weight is 336 g/mol. The van der Waals surface area contributed by atoms with Crippen molar-refractivity contribution in [3.8, 4) is 0 Å². The number of piperidine rings is 1. The molecule has 126 valence electrons. The molecule has 2 aliphatic rings. The van der Waals surface area contributed by atoms with Crippen molar-refractivity contribution in [3.63, 3.8) is 0 Å². The number of amides is 1. The van der Waals surface area contributed by atoms with E-state index in [1.165, 1.54) is 0 Å². The van der Waals surface area contributed by atoms with Crippen molar-refractivity contribution < 1.29 is 13.2 Å². The predicted molar refractivity (Wildman–Crippen MR) is 89.9 cm³/mol. The van der Waals surface area contributed by atoms with Crippen LogP contribution >= 0.6 is 0 Å². The Labute approximate surface area is 138 Å². The number of rotatable bonds is 2. The summed E-state index contributed by atoms with van der Waals surface area (Å²) in [5, 5.41) is 0. The Balaban J connectivity index is 1.91. The van der Waals surface area contributed by atoms with Crippen LogP contribution in [-0.2, 0) is 21.2 Å². The molecule has 23 heavy (non-hydrogen) atoms. The standard InChI is InChI=1S/C17H24N2O3S/c1-12-6-8-18(9-7-12)23(21,22)16-4-5-17-15(11-16)10-13(2)19(17)14(3)20/h4-5,11-13H,6-10H2,1-3H3/t13-/m0/s1. The molecule has 0 aliphatic carbocycles. The van der Waals surface area contributed by atoms with Crippen LogP contribution in [0, 0.1) is 5.92 Å². The minimum Gasteiger partial charge on any atom is -0.309 e. The third-order valence-electron chi connectivity index (χ3n) is 4.99. The van der Waals surface area contributed by atoms with Crippen LogP contribution in [-0.4, -0.2) is 37.8 Å². The Morgan fingerprint density at radius 3 is 2.43 bits per heavy atom. The highest BCUT2D eigenvalue weighted by Gasteiger charge is 2.32. The SMILES string of the molecule is CC(=O)N1c2ccc(S(=O)(=O)N3CCC(C)CC3)cc2C[C@@H]1C. The van der Waals surface area contributed by atoms with E-state index in [0.717, 1.165) is 24.1 Å². The minimum absolute atomic E-state index is 0.00289. The van der Waals surface area contributed by atoms with Crippen LogP contribution in [0.2, 0.25) is 0 Å². The van der Waals surface area contributed by atoms with Crippen LogP contribution in [0.4, 0.5) is 5.69 Å². The van der Waals surface area contributed by atoms with Gasteiger partial charge in [0.25, 0.3) is 0 Å². The first-order valence-corrected chi connectivity index (χ1v) is 9.67. The maximum absolute atomic E-state index is 12.8. The maximum Gasteiger partial charge on any atom is 0.243 e. The number of sulfonamides is 1. The Morgan fingerprint density at radius 1 is 1.17 bits per heavy atom. The number of nitrogens with zero attached hydrogens (tertiary/aromatic N) is 2. The van der Waals surface area contributed by atoms with Gasteiger partial charge in [-0.05, 0) is 55.9 Å². The van der Waals surface area contributed by atoms with Gasteiger partial charge in [-0.2, -0.15) is 4.31 Å². The van der Waals surface area contributed by atoms with Crippen LogP contribution in [0.3, 0.4) is 0 Å². The zero-order valence-electron chi connectivity index (χ0n) is 13.9. The zero-order valence-corrected chi connectivity index (χ0v) is 14.8. The second kappa shape index (κ2) is 5.91. The van der Waals surface area contributed by atoms with Gasteiger partial charge in [0.15, 0.2) is 0 Å². The van der Waals surface area contributed by atoms with Gasteiger partial charge in [0, 0.05) is 31.7 Å². The molecule has 0 unspecified atom stereocenters. The van der Waals surface area contributed by atoms with E-state index in [0.29, 0.717) is 30.3 Å². The van der Waals surface area contributed by atoms with Crippen LogP contribution in [0.1, 0.15) is 39.2 Å². The number of carbonyl (C=O) groups is 1. The highest BCUT2D eigenvalue weighted by atomic mass is 32.2. The van der Waals surface area contributed by atoms with E-state index >= 15 is 0 Å². The van der Waals surface area contributed by atoms with E-state index in [1.807, 2.05) is 6.92 Å². The highest BCUT2D eigenvalue weighted by Crippen LogP contribution is 2.35. The van der Waals surface area contributed by atoms with E-state index in [2.05, 4.69) is 6.92 Å². The molecule has 0 aromatic heterocycles. The zero-order chi connectivity index (χ0) is 16.8. The van der Waals surface area contributed by atoms with E-state index in [4.69, 9.17) is 0 Å². The second-order valence-corrected chi connectivity index (χ2v) is 8.76. The molecule has 5 nitrogen and oxygen atoms in total. The lowest BCUT2D eigenvalue weighted by molar-refractivity contribution is -0.116. The second-order valence-electron chi connectivity index (χ2n) is 6.82. The Bertz CT molecular complexity index is 721.